The van der Waals surface area contributed by atoms with Crippen LogP contribution in [0.3, 0.4) is 0 Å². The van der Waals surface area contributed by atoms with Crippen LogP contribution in [-0.2, 0) is 13.0 Å². The van der Waals surface area contributed by atoms with Gasteiger partial charge in [0.1, 0.15) is 17.5 Å². The molecular weight excluding hydrogens is 494 g/mol. The number of nitrogens with zero attached hydrogens (tertiary/aromatic N) is 3. The van der Waals surface area contributed by atoms with Gasteiger partial charge < -0.3 is 20.9 Å². The Labute approximate surface area is 228 Å². The largest absolute Gasteiger partial charge is 0.379 e. The summed E-state index contributed by atoms with van der Waals surface area (Å²) < 4.78 is 27.2. The van der Waals surface area contributed by atoms with Gasteiger partial charge in [-0.2, -0.15) is 4.98 Å². The highest BCUT2D eigenvalue weighted by atomic mass is 19.1. The number of anilines is 3. The van der Waals surface area contributed by atoms with Crippen LogP contribution < -0.4 is 20.9 Å². The fourth-order valence-electron chi connectivity index (χ4n) is 5.30. The van der Waals surface area contributed by atoms with Gasteiger partial charge in [0.25, 0.3) is 0 Å². The van der Waals surface area contributed by atoms with E-state index in [0.29, 0.717) is 30.3 Å². The lowest BCUT2D eigenvalue weighted by Gasteiger charge is -2.30. The predicted molar refractivity (Wildman–Crippen MR) is 155 cm³/mol. The average Bonchev–Trinajstić information content (AvgIpc) is 2.93. The Kier molecular flexibility index (Phi) is 8.51. The van der Waals surface area contributed by atoms with Crippen LogP contribution in [0.15, 0.2) is 66.7 Å². The van der Waals surface area contributed by atoms with E-state index in [1.165, 1.54) is 17.7 Å². The van der Waals surface area contributed by atoms with Gasteiger partial charge in [-0.15, -0.1) is 0 Å². The molecule has 3 aromatic carbocycles. The third-order valence-electron chi connectivity index (χ3n) is 7.41. The average molecular weight is 531 g/mol. The number of rotatable bonds is 10. The lowest BCUT2D eigenvalue weighted by Crippen LogP contribution is -2.38. The van der Waals surface area contributed by atoms with Crippen LogP contribution >= 0.6 is 0 Å². The highest BCUT2D eigenvalue weighted by Gasteiger charge is 2.22. The Bertz CT molecular complexity index is 1400. The fraction of sp³-hybridized carbons (Fsp3) is 0.355. The number of nitrogens with one attached hydrogen (secondary N) is 3. The molecule has 204 valence electrons. The topological polar surface area (TPSA) is 65.1 Å². The fourth-order valence-corrected chi connectivity index (χ4v) is 5.30. The normalized spacial score (nSPS) is 17.2. The van der Waals surface area contributed by atoms with Crippen molar-refractivity contribution in [3.63, 3.8) is 0 Å². The van der Waals surface area contributed by atoms with Crippen LogP contribution in [0.1, 0.15) is 36.8 Å². The summed E-state index contributed by atoms with van der Waals surface area (Å²) in [7, 11) is 4.02. The van der Waals surface area contributed by atoms with Crippen molar-refractivity contribution in [1.29, 1.82) is 0 Å². The molecule has 0 aliphatic heterocycles. The van der Waals surface area contributed by atoms with Crippen LogP contribution in [0, 0.1) is 11.6 Å². The summed E-state index contributed by atoms with van der Waals surface area (Å²) in [6, 6.07) is 20.8. The van der Waals surface area contributed by atoms with Gasteiger partial charge in [0.2, 0.25) is 5.95 Å². The Balaban J connectivity index is 1.10. The van der Waals surface area contributed by atoms with Crippen molar-refractivity contribution in [2.24, 2.45) is 0 Å². The van der Waals surface area contributed by atoms with Crippen LogP contribution in [0.25, 0.3) is 10.9 Å². The second-order valence-electron chi connectivity index (χ2n) is 10.4. The van der Waals surface area contributed by atoms with E-state index in [2.05, 4.69) is 34.1 Å². The maximum atomic E-state index is 14.0. The number of fused-ring (bicyclic) bond motifs is 1. The van der Waals surface area contributed by atoms with Gasteiger partial charge in [0.05, 0.1) is 11.2 Å². The molecule has 39 heavy (non-hydrogen) atoms. The second-order valence-corrected chi connectivity index (χ2v) is 10.4. The maximum Gasteiger partial charge on any atom is 0.225 e. The molecule has 0 radical (unpaired) electrons. The molecule has 1 aromatic heterocycles. The molecule has 0 atom stereocenters. The lowest BCUT2D eigenvalue weighted by atomic mass is 9.91. The molecule has 0 saturated heterocycles. The van der Waals surface area contributed by atoms with Crippen molar-refractivity contribution in [1.82, 2.24) is 15.3 Å². The minimum absolute atomic E-state index is 0.307. The Morgan fingerprint density at radius 3 is 2.33 bits per heavy atom. The smallest absolute Gasteiger partial charge is 0.225 e. The van der Waals surface area contributed by atoms with Gasteiger partial charge in [0, 0.05) is 44.2 Å². The lowest BCUT2D eigenvalue weighted by molar-refractivity contribution is 0.355. The molecule has 1 aliphatic carbocycles. The SMILES string of the molecule is CN(C)c1nc(NC2CCC(NCCc3ccccc3CNc3ccc(F)cc3F)CC2)nc2ccccc12. The number of halogens is 2. The molecule has 4 aromatic rings. The zero-order chi connectivity index (χ0) is 27.2. The molecule has 0 unspecified atom stereocenters. The molecule has 1 heterocycles. The summed E-state index contributed by atoms with van der Waals surface area (Å²) in [5.41, 5.74) is 3.60. The Morgan fingerprint density at radius 2 is 1.56 bits per heavy atom. The second kappa shape index (κ2) is 12.4. The van der Waals surface area contributed by atoms with Gasteiger partial charge in [-0.1, -0.05) is 36.4 Å². The molecule has 3 N–H and O–H groups in total. The molecule has 1 fully saturated rings. The van der Waals surface area contributed by atoms with Gasteiger partial charge in [0.15, 0.2) is 0 Å². The van der Waals surface area contributed by atoms with Crippen LogP contribution in [0.4, 0.5) is 26.2 Å². The third-order valence-corrected chi connectivity index (χ3v) is 7.41. The monoisotopic (exact) mass is 530 g/mol. The van der Waals surface area contributed by atoms with Gasteiger partial charge in [-0.3, -0.25) is 0 Å². The van der Waals surface area contributed by atoms with Crippen LogP contribution in [0.5, 0.6) is 0 Å². The summed E-state index contributed by atoms with van der Waals surface area (Å²) in [6.07, 6.45) is 5.21. The molecule has 0 amide bonds. The highest BCUT2D eigenvalue weighted by molar-refractivity contribution is 5.90. The summed E-state index contributed by atoms with van der Waals surface area (Å²) >= 11 is 0. The molecule has 0 spiro atoms. The van der Waals surface area contributed by atoms with E-state index >= 15 is 0 Å². The first kappa shape index (κ1) is 26.8. The number of hydrogen-bond acceptors (Lipinski definition) is 6. The predicted octanol–water partition coefficient (Wildman–Crippen LogP) is 6.14. The van der Waals surface area contributed by atoms with Crippen LogP contribution in [0.2, 0.25) is 0 Å². The van der Waals surface area contributed by atoms with Gasteiger partial charge >= 0.3 is 0 Å². The number of aromatic nitrogens is 2. The minimum Gasteiger partial charge on any atom is -0.379 e. The summed E-state index contributed by atoms with van der Waals surface area (Å²) in [5, 5.41) is 11.5. The van der Waals surface area contributed by atoms with Gasteiger partial charge in [-0.25, -0.2) is 13.8 Å². The van der Waals surface area contributed by atoms with Crippen molar-refractivity contribution in [3.8, 4) is 0 Å². The minimum atomic E-state index is -0.579. The van der Waals surface area contributed by atoms with E-state index in [-0.39, 0.29) is 0 Å². The first-order chi connectivity index (χ1) is 19.0. The summed E-state index contributed by atoms with van der Waals surface area (Å²) in [6.45, 7) is 1.37. The molecule has 6 nitrogen and oxygen atoms in total. The summed E-state index contributed by atoms with van der Waals surface area (Å²) in [5.74, 6) is 0.468. The first-order valence-electron chi connectivity index (χ1n) is 13.7. The molecule has 1 saturated carbocycles. The molecule has 5 rings (SSSR count). The van der Waals surface area contributed by atoms with Crippen molar-refractivity contribution in [2.45, 2.75) is 50.7 Å². The van der Waals surface area contributed by atoms with E-state index in [9.17, 15) is 8.78 Å². The zero-order valence-corrected chi connectivity index (χ0v) is 22.6. The zero-order valence-electron chi connectivity index (χ0n) is 22.6. The van der Waals surface area contributed by atoms with E-state index in [1.54, 1.807) is 0 Å². The number of para-hydroxylation sites is 1. The van der Waals surface area contributed by atoms with E-state index in [0.717, 1.165) is 67.0 Å². The Morgan fingerprint density at radius 1 is 0.846 bits per heavy atom. The van der Waals surface area contributed by atoms with E-state index in [1.807, 2.05) is 49.3 Å². The standard InChI is InChI=1S/C31H36F2N6/c1-39(2)30-26-9-5-6-10-28(26)37-31(38-30)36-25-14-12-24(13-15-25)34-18-17-21-7-3-4-8-22(21)20-35-29-16-11-23(32)19-27(29)33/h3-11,16,19,24-25,34-35H,12-15,17-18,20H2,1-2H3,(H,36,37,38). The molecular formula is C31H36F2N6. The number of benzene rings is 3. The van der Waals surface area contributed by atoms with Crippen molar-refractivity contribution < 1.29 is 8.78 Å². The highest BCUT2D eigenvalue weighted by Crippen LogP contribution is 2.26. The van der Waals surface area contributed by atoms with Crippen LogP contribution in [-0.4, -0.2) is 42.7 Å². The summed E-state index contributed by atoms with van der Waals surface area (Å²) in [4.78, 5) is 11.6. The van der Waals surface area contributed by atoms with Crippen molar-refractivity contribution in [3.05, 3.63) is 89.5 Å². The van der Waals surface area contributed by atoms with Gasteiger partial charge in [-0.05, 0) is 74.0 Å². The van der Waals surface area contributed by atoms with Crippen molar-refractivity contribution >= 4 is 28.4 Å². The first-order valence-corrected chi connectivity index (χ1v) is 13.7. The molecule has 0 bridgehead atoms. The quantitative estimate of drug-likeness (QED) is 0.229. The number of hydrogen-bond donors (Lipinski definition) is 3. The van der Waals surface area contributed by atoms with E-state index in [4.69, 9.17) is 9.97 Å². The molecule has 1 aliphatic rings. The van der Waals surface area contributed by atoms with E-state index < -0.39 is 11.6 Å². The molecule has 8 heteroatoms. The maximum absolute atomic E-state index is 14.0. The van der Waals surface area contributed by atoms with Crippen molar-refractivity contribution in [2.75, 3.05) is 36.2 Å². The Hall–Kier alpha value is -3.78. The third kappa shape index (κ3) is 6.81.